The summed E-state index contributed by atoms with van der Waals surface area (Å²) in [6.45, 7) is 1.34. The largest absolute Gasteiger partial charge is 0.357 e. The first-order chi connectivity index (χ1) is 6.83. The van der Waals surface area contributed by atoms with Crippen LogP contribution in [0.25, 0.3) is 0 Å². The second kappa shape index (κ2) is 4.08. The van der Waals surface area contributed by atoms with Gasteiger partial charge < -0.3 is 10.1 Å². The normalized spacial score (nSPS) is 21.1. The third-order valence-electron chi connectivity index (χ3n) is 2.19. The van der Waals surface area contributed by atoms with Crippen LogP contribution >= 0.6 is 11.3 Å². The van der Waals surface area contributed by atoms with Gasteiger partial charge in [-0.25, -0.2) is 0 Å². The van der Waals surface area contributed by atoms with Gasteiger partial charge in [-0.1, -0.05) is 0 Å². The zero-order valence-electron chi connectivity index (χ0n) is 7.87. The van der Waals surface area contributed by atoms with Crippen LogP contribution in [0.15, 0.2) is 11.4 Å². The molecule has 1 aromatic rings. The van der Waals surface area contributed by atoms with Gasteiger partial charge >= 0.3 is 0 Å². The molecule has 4 nitrogen and oxygen atoms in total. The highest BCUT2D eigenvalue weighted by molar-refractivity contribution is 7.12. The molecule has 0 spiro atoms. The summed E-state index contributed by atoms with van der Waals surface area (Å²) in [7, 11) is 1.64. The summed E-state index contributed by atoms with van der Waals surface area (Å²) >= 11 is 1.45. The summed E-state index contributed by atoms with van der Waals surface area (Å²) in [5, 5.41) is 7.64. The highest BCUT2D eigenvalue weighted by atomic mass is 32.1. The predicted octanol–water partition coefficient (Wildman–Crippen LogP) is 0.726. The summed E-state index contributed by atoms with van der Waals surface area (Å²) < 4.78 is 5.45. The van der Waals surface area contributed by atoms with Crippen LogP contribution in [0, 0.1) is 0 Å². The molecule has 14 heavy (non-hydrogen) atoms. The Morgan fingerprint density at radius 3 is 3.29 bits per heavy atom. The van der Waals surface area contributed by atoms with Gasteiger partial charge in [-0.05, 0) is 11.4 Å². The maximum Gasteiger partial charge on any atom is 0.261 e. The summed E-state index contributed by atoms with van der Waals surface area (Å²) in [5.41, 5.74) is 0.986. The first-order valence-electron chi connectivity index (χ1n) is 4.44. The van der Waals surface area contributed by atoms with Crippen LogP contribution in [-0.4, -0.2) is 26.2 Å². The molecule has 1 aromatic heterocycles. The smallest absolute Gasteiger partial charge is 0.261 e. The van der Waals surface area contributed by atoms with Crippen LogP contribution in [-0.2, 0) is 4.74 Å². The Hall–Kier alpha value is -0.910. The van der Waals surface area contributed by atoms with Crippen LogP contribution < -0.4 is 10.6 Å². The lowest BCUT2D eigenvalue weighted by molar-refractivity contribution is 0.0946. The molecule has 1 aliphatic heterocycles. The summed E-state index contributed by atoms with van der Waals surface area (Å²) in [4.78, 5) is 12.2. The first kappa shape index (κ1) is 9.64. The molecule has 1 atom stereocenters. The lowest BCUT2D eigenvalue weighted by Crippen LogP contribution is -2.19. The highest BCUT2D eigenvalue weighted by Gasteiger charge is 2.23. The van der Waals surface area contributed by atoms with Crippen molar-refractivity contribution in [2.45, 2.75) is 6.10 Å². The Bertz CT molecular complexity index is 331. The molecule has 2 heterocycles. The number of carbonyl (C=O) groups excluding carboxylic acids is 1. The average molecular weight is 212 g/mol. The Labute approximate surface area is 86.3 Å². The molecule has 2 rings (SSSR count). The van der Waals surface area contributed by atoms with E-state index >= 15 is 0 Å². The summed E-state index contributed by atoms with van der Waals surface area (Å²) in [6, 6.07) is 1.95. The number of rotatable bonds is 2. The number of carbonyl (C=O) groups is 1. The molecule has 0 aromatic carbocycles. The summed E-state index contributed by atoms with van der Waals surface area (Å²) in [5.74, 6) is -0.0366. The first-order valence-corrected chi connectivity index (χ1v) is 5.32. The van der Waals surface area contributed by atoms with E-state index < -0.39 is 0 Å². The van der Waals surface area contributed by atoms with Gasteiger partial charge in [0.15, 0.2) is 0 Å². The molecule has 1 unspecified atom stereocenters. The zero-order chi connectivity index (χ0) is 9.97. The van der Waals surface area contributed by atoms with E-state index in [2.05, 4.69) is 10.6 Å². The van der Waals surface area contributed by atoms with Crippen LogP contribution in [0.1, 0.15) is 21.3 Å². The monoisotopic (exact) mass is 212 g/mol. The van der Waals surface area contributed by atoms with Crippen LogP contribution in [0.5, 0.6) is 0 Å². The zero-order valence-corrected chi connectivity index (χ0v) is 8.69. The van der Waals surface area contributed by atoms with Crippen molar-refractivity contribution in [1.82, 2.24) is 10.6 Å². The third-order valence-corrected chi connectivity index (χ3v) is 3.12. The molecule has 1 aliphatic rings. The van der Waals surface area contributed by atoms with Crippen molar-refractivity contribution in [1.29, 1.82) is 0 Å². The fourth-order valence-electron chi connectivity index (χ4n) is 1.48. The van der Waals surface area contributed by atoms with E-state index in [1.54, 1.807) is 7.05 Å². The second-order valence-electron chi connectivity index (χ2n) is 3.04. The fraction of sp³-hybridized carbons (Fsp3) is 0.444. The molecular formula is C9H12N2O2S. The Morgan fingerprint density at radius 1 is 1.79 bits per heavy atom. The van der Waals surface area contributed by atoms with Crippen LogP contribution in [0.3, 0.4) is 0 Å². The number of ether oxygens (including phenoxy) is 1. The number of thiophene rings is 1. The maximum atomic E-state index is 11.5. The summed E-state index contributed by atoms with van der Waals surface area (Å²) in [6.07, 6.45) is 0.0218. The van der Waals surface area contributed by atoms with Crippen molar-refractivity contribution in [2.24, 2.45) is 0 Å². The Morgan fingerprint density at radius 2 is 2.64 bits per heavy atom. The molecule has 0 aliphatic carbocycles. The fourth-order valence-corrected chi connectivity index (χ4v) is 2.37. The van der Waals surface area contributed by atoms with Gasteiger partial charge in [-0.3, -0.25) is 10.1 Å². The van der Waals surface area contributed by atoms with Gasteiger partial charge in [0.2, 0.25) is 0 Å². The molecule has 1 amide bonds. The van der Waals surface area contributed by atoms with Gasteiger partial charge in [0.25, 0.3) is 5.91 Å². The van der Waals surface area contributed by atoms with E-state index in [1.807, 2.05) is 11.4 Å². The number of amides is 1. The average Bonchev–Trinajstić information content (AvgIpc) is 2.85. The van der Waals surface area contributed by atoms with Gasteiger partial charge in [0, 0.05) is 19.2 Å². The molecule has 76 valence electrons. The van der Waals surface area contributed by atoms with Gasteiger partial charge in [-0.15, -0.1) is 11.3 Å². The quantitative estimate of drug-likeness (QED) is 0.759. The van der Waals surface area contributed by atoms with Crippen molar-refractivity contribution < 1.29 is 9.53 Å². The maximum absolute atomic E-state index is 11.5. The van der Waals surface area contributed by atoms with Crippen LogP contribution in [0.4, 0.5) is 0 Å². The lowest BCUT2D eigenvalue weighted by Gasteiger charge is -2.08. The van der Waals surface area contributed by atoms with E-state index in [0.717, 1.165) is 17.0 Å². The number of nitrogens with one attached hydrogen (secondary N) is 2. The van der Waals surface area contributed by atoms with E-state index in [1.165, 1.54) is 11.3 Å². The minimum Gasteiger partial charge on any atom is -0.357 e. The Kier molecular flexibility index (Phi) is 2.81. The topological polar surface area (TPSA) is 50.4 Å². The molecule has 0 bridgehead atoms. The van der Waals surface area contributed by atoms with Gasteiger partial charge in [-0.2, -0.15) is 0 Å². The molecule has 0 saturated carbocycles. The second-order valence-corrected chi connectivity index (χ2v) is 3.95. The minimum atomic E-state index is -0.0366. The molecule has 0 radical (unpaired) electrons. The lowest BCUT2D eigenvalue weighted by atomic mass is 10.1. The van der Waals surface area contributed by atoms with E-state index in [0.29, 0.717) is 6.73 Å². The van der Waals surface area contributed by atoms with Crippen molar-refractivity contribution >= 4 is 17.2 Å². The van der Waals surface area contributed by atoms with Crippen molar-refractivity contribution in [3.8, 4) is 0 Å². The van der Waals surface area contributed by atoms with Gasteiger partial charge in [0.1, 0.15) is 0 Å². The number of hydrogen-bond donors (Lipinski definition) is 2. The van der Waals surface area contributed by atoms with Crippen molar-refractivity contribution in [3.05, 3.63) is 21.9 Å². The molecular weight excluding hydrogens is 200 g/mol. The third kappa shape index (κ3) is 1.66. The standard InChI is InChI=1S/C9H12N2O2S/c1-10-9(12)8-6(2-3-14-8)7-4-11-5-13-7/h2-3,7,11H,4-5H2,1H3,(H,10,12). The van der Waals surface area contributed by atoms with E-state index in [4.69, 9.17) is 4.74 Å². The molecule has 2 N–H and O–H groups in total. The predicted molar refractivity (Wildman–Crippen MR) is 54.4 cm³/mol. The SMILES string of the molecule is CNC(=O)c1sccc1C1CNCO1. The highest BCUT2D eigenvalue weighted by Crippen LogP contribution is 2.27. The van der Waals surface area contributed by atoms with E-state index in [9.17, 15) is 4.79 Å². The van der Waals surface area contributed by atoms with Crippen molar-refractivity contribution in [2.75, 3.05) is 20.3 Å². The van der Waals surface area contributed by atoms with Gasteiger partial charge in [0.05, 0.1) is 17.7 Å². The molecule has 1 fully saturated rings. The minimum absolute atomic E-state index is 0.0218. The number of hydrogen-bond acceptors (Lipinski definition) is 4. The van der Waals surface area contributed by atoms with Crippen LogP contribution in [0.2, 0.25) is 0 Å². The van der Waals surface area contributed by atoms with E-state index in [-0.39, 0.29) is 12.0 Å². The molecule has 5 heteroatoms. The van der Waals surface area contributed by atoms with Crippen molar-refractivity contribution in [3.63, 3.8) is 0 Å². The Balaban J connectivity index is 2.24. The molecule has 1 saturated heterocycles.